The molecule has 13 heavy (non-hydrogen) atoms. The first kappa shape index (κ1) is 9.50. The predicted molar refractivity (Wildman–Crippen MR) is 46.2 cm³/mol. The van der Waals surface area contributed by atoms with Crippen molar-refractivity contribution in [2.24, 2.45) is 5.73 Å². The minimum absolute atomic E-state index is 0.00537. The summed E-state index contributed by atoms with van der Waals surface area (Å²) in [5.74, 6) is -0.463. The van der Waals surface area contributed by atoms with Crippen LogP contribution in [0.2, 0.25) is 0 Å². The van der Waals surface area contributed by atoms with E-state index in [1.165, 1.54) is 4.90 Å². The second-order valence-electron chi connectivity index (χ2n) is 2.82. The minimum atomic E-state index is -0.510. The summed E-state index contributed by atoms with van der Waals surface area (Å²) in [4.78, 5) is 23.2. The first-order valence-corrected chi connectivity index (χ1v) is 4.00. The number of likely N-dealkylation sites (N-methyl/N-ethyl adjacent to an activating group) is 1. The highest BCUT2D eigenvalue weighted by atomic mass is 16.2. The van der Waals surface area contributed by atoms with Gasteiger partial charge in [-0.2, -0.15) is 0 Å². The quantitative estimate of drug-likeness (QED) is 0.537. The van der Waals surface area contributed by atoms with Crippen LogP contribution >= 0.6 is 0 Å². The molecule has 1 atom stereocenters. The van der Waals surface area contributed by atoms with Gasteiger partial charge in [0.05, 0.1) is 12.5 Å². The van der Waals surface area contributed by atoms with Crippen molar-refractivity contribution in [3.05, 3.63) is 0 Å². The van der Waals surface area contributed by atoms with Crippen molar-refractivity contribution >= 4 is 17.8 Å². The number of hydrogen-bond acceptors (Lipinski definition) is 3. The molecule has 72 valence electrons. The van der Waals surface area contributed by atoms with E-state index < -0.39 is 11.9 Å². The molecule has 1 fully saturated rings. The predicted octanol–water partition coefficient (Wildman–Crippen LogP) is -0.747. The Balaban J connectivity index is 2.74. The topological polar surface area (TPSA) is 99.3 Å². The lowest BCUT2D eigenvalue weighted by Gasteiger charge is -2.18. The fourth-order valence-electron chi connectivity index (χ4n) is 1.33. The Labute approximate surface area is 75.6 Å². The van der Waals surface area contributed by atoms with Crippen LogP contribution in [0.5, 0.6) is 0 Å². The van der Waals surface area contributed by atoms with Gasteiger partial charge in [-0.05, 0) is 6.92 Å². The molecule has 4 N–H and O–H groups in total. The van der Waals surface area contributed by atoms with Gasteiger partial charge in [-0.15, -0.1) is 0 Å². The van der Waals surface area contributed by atoms with Crippen molar-refractivity contribution in [3.8, 4) is 0 Å². The van der Waals surface area contributed by atoms with Crippen molar-refractivity contribution in [1.29, 1.82) is 5.41 Å². The highest BCUT2D eigenvalue weighted by molar-refractivity contribution is 6.07. The van der Waals surface area contributed by atoms with Crippen LogP contribution in [0.1, 0.15) is 13.3 Å². The third kappa shape index (κ3) is 1.77. The molecule has 0 aromatic rings. The summed E-state index contributed by atoms with van der Waals surface area (Å²) in [6.45, 7) is 2.25. The lowest BCUT2D eigenvalue weighted by atomic mass is 10.2. The number of nitrogens with one attached hydrogen (secondary N) is 2. The van der Waals surface area contributed by atoms with Crippen LogP contribution in [0.4, 0.5) is 4.79 Å². The van der Waals surface area contributed by atoms with E-state index in [9.17, 15) is 9.59 Å². The van der Waals surface area contributed by atoms with E-state index in [0.29, 0.717) is 6.54 Å². The van der Waals surface area contributed by atoms with Gasteiger partial charge in [0.25, 0.3) is 0 Å². The molecule has 0 bridgehead atoms. The Morgan fingerprint density at radius 2 is 2.38 bits per heavy atom. The van der Waals surface area contributed by atoms with Gasteiger partial charge in [0.1, 0.15) is 5.84 Å². The third-order valence-corrected chi connectivity index (χ3v) is 1.95. The van der Waals surface area contributed by atoms with Crippen LogP contribution in [0.25, 0.3) is 0 Å². The Hall–Kier alpha value is -1.59. The number of rotatable bonds is 3. The summed E-state index contributed by atoms with van der Waals surface area (Å²) in [5.41, 5.74) is 5.00. The van der Waals surface area contributed by atoms with E-state index in [-0.39, 0.29) is 18.3 Å². The lowest BCUT2D eigenvalue weighted by molar-refractivity contribution is -0.118. The van der Waals surface area contributed by atoms with E-state index in [2.05, 4.69) is 5.32 Å². The Kier molecular flexibility index (Phi) is 2.50. The first-order chi connectivity index (χ1) is 6.06. The third-order valence-electron chi connectivity index (χ3n) is 1.95. The zero-order valence-electron chi connectivity index (χ0n) is 7.33. The number of amidine groups is 1. The maximum Gasteiger partial charge on any atom is 0.323 e. The molecule has 1 aliphatic rings. The van der Waals surface area contributed by atoms with Gasteiger partial charge in [-0.3, -0.25) is 15.5 Å². The lowest BCUT2D eigenvalue weighted by Crippen LogP contribution is -2.37. The number of urea groups is 1. The van der Waals surface area contributed by atoms with Crippen LogP contribution < -0.4 is 11.1 Å². The van der Waals surface area contributed by atoms with Gasteiger partial charge in [-0.25, -0.2) is 4.79 Å². The van der Waals surface area contributed by atoms with Crippen LogP contribution in [-0.2, 0) is 4.79 Å². The van der Waals surface area contributed by atoms with Gasteiger partial charge in [0.15, 0.2) is 0 Å². The number of amides is 3. The highest BCUT2D eigenvalue weighted by Gasteiger charge is 2.35. The first-order valence-electron chi connectivity index (χ1n) is 4.00. The molecule has 0 radical (unpaired) electrons. The van der Waals surface area contributed by atoms with E-state index in [4.69, 9.17) is 11.1 Å². The largest absolute Gasteiger partial charge is 0.370 e. The van der Waals surface area contributed by atoms with E-state index in [1.807, 2.05) is 0 Å². The van der Waals surface area contributed by atoms with Gasteiger partial charge in [0, 0.05) is 6.54 Å². The summed E-state index contributed by atoms with van der Waals surface area (Å²) >= 11 is 0. The smallest absolute Gasteiger partial charge is 0.323 e. The fraction of sp³-hybridized carbons (Fsp3) is 0.571. The molecule has 0 aromatic carbocycles. The SMILES string of the molecule is CCN1C(=O)NC(=N)C1CC(N)=O. The molecule has 1 rings (SSSR count). The molecule has 1 heterocycles. The standard InChI is InChI=1S/C7H12N4O2/c1-2-11-4(3-5(8)12)6(9)10-7(11)13/h4H,2-3H2,1H3,(H2,8,12)(H2,9,10,13). The molecular formula is C7H12N4O2. The second kappa shape index (κ2) is 3.42. The highest BCUT2D eigenvalue weighted by Crippen LogP contribution is 2.11. The average molecular weight is 184 g/mol. The number of nitrogens with two attached hydrogens (primary N) is 1. The summed E-state index contributed by atoms with van der Waals surface area (Å²) in [5, 5.41) is 9.72. The molecule has 6 heteroatoms. The average Bonchev–Trinajstić information content (AvgIpc) is 2.26. The van der Waals surface area contributed by atoms with Crippen LogP contribution in [0.3, 0.4) is 0 Å². The monoisotopic (exact) mass is 184 g/mol. The van der Waals surface area contributed by atoms with Crippen LogP contribution in [0.15, 0.2) is 0 Å². The summed E-state index contributed by atoms with van der Waals surface area (Å²) in [7, 11) is 0. The Morgan fingerprint density at radius 1 is 1.77 bits per heavy atom. The van der Waals surface area contributed by atoms with E-state index >= 15 is 0 Å². The molecule has 0 saturated carbocycles. The van der Waals surface area contributed by atoms with Gasteiger partial charge in [0.2, 0.25) is 5.91 Å². The molecular weight excluding hydrogens is 172 g/mol. The van der Waals surface area contributed by atoms with Crippen molar-refractivity contribution in [2.45, 2.75) is 19.4 Å². The number of hydrogen-bond donors (Lipinski definition) is 3. The number of primary amides is 1. The van der Waals surface area contributed by atoms with Crippen molar-refractivity contribution < 1.29 is 9.59 Å². The zero-order chi connectivity index (χ0) is 10.0. The molecule has 0 spiro atoms. The maximum absolute atomic E-state index is 11.1. The fourth-order valence-corrected chi connectivity index (χ4v) is 1.33. The summed E-state index contributed by atoms with van der Waals surface area (Å²) in [6, 6.07) is -0.839. The van der Waals surface area contributed by atoms with Crippen LogP contribution in [0, 0.1) is 5.41 Å². The number of nitrogens with zero attached hydrogens (tertiary/aromatic N) is 1. The van der Waals surface area contributed by atoms with Crippen LogP contribution in [-0.4, -0.2) is 35.3 Å². The molecule has 6 nitrogen and oxygen atoms in total. The number of carbonyl (C=O) groups is 2. The van der Waals surface area contributed by atoms with Crippen molar-refractivity contribution in [3.63, 3.8) is 0 Å². The Morgan fingerprint density at radius 3 is 2.85 bits per heavy atom. The zero-order valence-corrected chi connectivity index (χ0v) is 7.33. The van der Waals surface area contributed by atoms with Crippen molar-refractivity contribution in [1.82, 2.24) is 10.2 Å². The molecule has 0 aliphatic carbocycles. The minimum Gasteiger partial charge on any atom is -0.370 e. The molecule has 0 aromatic heterocycles. The Bertz CT molecular complexity index is 263. The van der Waals surface area contributed by atoms with Crippen molar-refractivity contribution in [2.75, 3.05) is 6.54 Å². The second-order valence-corrected chi connectivity index (χ2v) is 2.82. The summed E-state index contributed by atoms with van der Waals surface area (Å²) in [6.07, 6.45) is 0.00537. The molecule has 1 unspecified atom stereocenters. The molecule has 1 saturated heterocycles. The van der Waals surface area contributed by atoms with E-state index in [0.717, 1.165) is 0 Å². The van der Waals surface area contributed by atoms with Gasteiger partial charge in [-0.1, -0.05) is 0 Å². The summed E-state index contributed by atoms with van der Waals surface area (Å²) < 4.78 is 0. The molecule has 1 aliphatic heterocycles. The van der Waals surface area contributed by atoms with Gasteiger partial charge < -0.3 is 10.6 Å². The van der Waals surface area contributed by atoms with Gasteiger partial charge >= 0.3 is 6.03 Å². The van der Waals surface area contributed by atoms with E-state index in [1.54, 1.807) is 6.92 Å². The normalized spacial score (nSPS) is 21.9. The maximum atomic E-state index is 11.1. The molecule has 3 amide bonds. The number of carbonyl (C=O) groups excluding carboxylic acids is 2.